The Morgan fingerprint density at radius 2 is 1.91 bits per heavy atom. The molecule has 9 atom stereocenters. The normalized spacial score (nSPS) is 41.2. The number of hydrogen-bond acceptors (Lipinski definition) is 6. The van der Waals surface area contributed by atoms with Crippen LogP contribution in [-0.2, 0) is 14.3 Å². The Kier molecular flexibility index (Phi) is 8.16. The van der Waals surface area contributed by atoms with Gasteiger partial charge in [-0.1, -0.05) is 44.1 Å². The van der Waals surface area contributed by atoms with E-state index in [0.717, 1.165) is 32.1 Å². The van der Waals surface area contributed by atoms with Crippen LogP contribution in [0.15, 0.2) is 23.3 Å². The van der Waals surface area contributed by atoms with Crippen LogP contribution in [0.5, 0.6) is 0 Å². The lowest BCUT2D eigenvalue weighted by atomic mass is 9.48. The minimum absolute atomic E-state index is 0.0549. The van der Waals surface area contributed by atoms with Crippen molar-refractivity contribution in [1.29, 1.82) is 0 Å². The quantitative estimate of drug-likeness (QED) is 0.332. The molecule has 0 spiro atoms. The van der Waals surface area contributed by atoms with Crippen LogP contribution in [0.2, 0.25) is 0 Å². The minimum atomic E-state index is -0.546. The molecule has 35 heavy (non-hydrogen) atoms. The zero-order chi connectivity index (χ0) is 25.4. The second-order valence-electron chi connectivity index (χ2n) is 12.2. The molecule has 4 aliphatic carbocycles. The lowest BCUT2D eigenvalue weighted by molar-refractivity contribution is -0.140. The summed E-state index contributed by atoms with van der Waals surface area (Å²) in [6.07, 6.45) is 10.5. The van der Waals surface area contributed by atoms with Crippen molar-refractivity contribution in [3.8, 4) is 0 Å². The molecular formula is C29H46O6. The van der Waals surface area contributed by atoms with Crippen LogP contribution in [0.1, 0.15) is 78.6 Å². The summed E-state index contributed by atoms with van der Waals surface area (Å²) >= 11 is 0. The van der Waals surface area contributed by atoms with Crippen molar-refractivity contribution < 1.29 is 29.6 Å². The van der Waals surface area contributed by atoms with Crippen LogP contribution in [0.4, 0.5) is 0 Å². The molecule has 3 N–H and O–H groups in total. The first-order valence-electron chi connectivity index (χ1n) is 13.7. The summed E-state index contributed by atoms with van der Waals surface area (Å²) < 4.78 is 10.8. The number of carbonyl (C=O) groups excluding carboxylic acids is 1. The standard InChI is InChI=1S/C29H46O6/c1-18(7-5-8-26(33)34-4)21-11-12-22-20-10-9-19-15-23(31)25(35-14-6-13-30)17-28(19,2)27(20)24(32)16-29(21,22)3/h9-10,18,21-25,27,30-32H,5-8,11-17H2,1-4H3/t18-,21-,22+,23-,24-,25+,27-,28+,29-/m1/s1. The van der Waals surface area contributed by atoms with E-state index in [9.17, 15) is 15.0 Å². The van der Waals surface area contributed by atoms with Crippen molar-refractivity contribution in [2.75, 3.05) is 20.3 Å². The SMILES string of the molecule is COC(=O)CCC[C@@H](C)[C@H]1CC[C@H]2C3=CC=C4C[C@@H](O)[C@@H](OCCCO)C[C@]4(C)[C@H]3[C@H](O)C[C@]12C. The van der Waals surface area contributed by atoms with Crippen LogP contribution in [0.3, 0.4) is 0 Å². The lowest BCUT2D eigenvalue weighted by Gasteiger charge is -2.57. The molecule has 4 aliphatic rings. The van der Waals surface area contributed by atoms with Crippen molar-refractivity contribution in [1.82, 2.24) is 0 Å². The highest BCUT2D eigenvalue weighted by molar-refractivity contribution is 5.68. The van der Waals surface area contributed by atoms with E-state index in [0.29, 0.717) is 50.0 Å². The minimum Gasteiger partial charge on any atom is -0.469 e. The van der Waals surface area contributed by atoms with Gasteiger partial charge in [0, 0.05) is 31.0 Å². The summed E-state index contributed by atoms with van der Waals surface area (Å²) in [7, 11) is 1.45. The van der Waals surface area contributed by atoms with Crippen LogP contribution < -0.4 is 0 Å². The molecule has 0 aromatic heterocycles. The average molecular weight is 491 g/mol. The van der Waals surface area contributed by atoms with Crippen LogP contribution in [-0.4, -0.2) is 59.9 Å². The number of esters is 1. The summed E-state index contributed by atoms with van der Waals surface area (Å²) in [6.45, 7) is 7.50. The molecule has 6 nitrogen and oxygen atoms in total. The molecule has 0 radical (unpaired) electrons. The highest BCUT2D eigenvalue weighted by Gasteiger charge is 2.60. The van der Waals surface area contributed by atoms with Gasteiger partial charge < -0.3 is 24.8 Å². The van der Waals surface area contributed by atoms with E-state index in [1.165, 1.54) is 18.3 Å². The summed E-state index contributed by atoms with van der Waals surface area (Å²) in [4.78, 5) is 11.6. The molecule has 4 rings (SSSR count). The van der Waals surface area contributed by atoms with E-state index < -0.39 is 12.2 Å². The Bertz CT molecular complexity index is 835. The predicted molar refractivity (Wildman–Crippen MR) is 134 cm³/mol. The first kappa shape index (κ1) is 26.8. The summed E-state index contributed by atoms with van der Waals surface area (Å²) in [5.74, 6) is 1.41. The number of ether oxygens (including phenoxy) is 2. The number of allylic oxidation sites excluding steroid dienone is 2. The van der Waals surface area contributed by atoms with Gasteiger partial charge in [0.05, 0.1) is 25.4 Å². The molecule has 0 saturated heterocycles. The molecule has 0 amide bonds. The van der Waals surface area contributed by atoms with Crippen molar-refractivity contribution in [3.63, 3.8) is 0 Å². The second kappa shape index (κ2) is 10.6. The average Bonchev–Trinajstić information content (AvgIpc) is 3.16. The molecule has 3 saturated carbocycles. The molecule has 0 aromatic rings. The lowest BCUT2D eigenvalue weighted by Crippen LogP contribution is -2.55. The molecule has 0 aliphatic heterocycles. The van der Waals surface area contributed by atoms with Gasteiger partial charge in [-0.05, 0) is 74.5 Å². The van der Waals surface area contributed by atoms with Crippen molar-refractivity contribution in [3.05, 3.63) is 23.3 Å². The number of aliphatic hydroxyl groups is 3. The first-order chi connectivity index (χ1) is 16.7. The third kappa shape index (κ3) is 4.88. The van der Waals surface area contributed by atoms with E-state index in [1.807, 2.05) is 0 Å². The summed E-state index contributed by atoms with van der Waals surface area (Å²) in [6, 6.07) is 0. The van der Waals surface area contributed by atoms with E-state index in [1.54, 1.807) is 0 Å². The van der Waals surface area contributed by atoms with Gasteiger partial charge in [-0.15, -0.1) is 0 Å². The number of rotatable bonds is 9. The summed E-state index contributed by atoms with van der Waals surface area (Å²) in [5, 5.41) is 31.6. The fourth-order valence-corrected chi connectivity index (χ4v) is 8.46. The van der Waals surface area contributed by atoms with Crippen LogP contribution >= 0.6 is 0 Å². The van der Waals surface area contributed by atoms with Crippen LogP contribution in [0, 0.1) is 34.5 Å². The monoisotopic (exact) mass is 490 g/mol. The topological polar surface area (TPSA) is 96.2 Å². The maximum absolute atomic E-state index is 11.7. The van der Waals surface area contributed by atoms with E-state index in [2.05, 4.69) is 32.9 Å². The van der Waals surface area contributed by atoms with Gasteiger partial charge in [0.25, 0.3) is 0 Å². The molecule has 0 unspecified atom stereocenters. The van der Waals surface area contributed by atoms with Gasteiger partial charge in [-0.2, -0.15) is 0 Å². The van der Waals surface area contributed by atoms with E-state index >= 15 is 0 Å². The van der Waals surface area contributed by atoms with Crippen molar-refractivity contribution in [2.45, 2.75) is 96.9 Å². The zero-order valence-electron chi connectivity index (χ0n) is 22.0. The molecule has 0 aromatic carbocycles. The number of methoxy groups -OCH3 is 1. The Labute approximate surface area is 210 Å². The maximum atomic E-state index is 11.7. The fourth-order valence-electron chi connectivity index (χ4n) is 8.46. The second-order valence-corrected chi connectivity index (χ2v) is 12.2. The molecule has 198 valence electrons. The first-order valence-corrected chi connectivity index (χ1v) is 13.7. The number of carbonyl (C=O) groups is 1. The molecule has 3 fully saturated rings. The highest BCUT2D eigenvalue weighted by atomic mass is 16.5. The van der Waals surface area contributed by atoms with Gasteiger partial charge in [0.15, 0.2) is 0 Å². The Balaban J connectivity index is 1.52. The van der Waals surface area contributed by atoms with Crippen molar-refractivity contribution in [2.24, 2.45) is 34.5 Å². The number of hydrogen-bond donors (Lipinski definition) is 3. The predicted octanol–water partition coefficient (Wildman–Crippen LogP) is 4.17. The van der Waals surface area contributed by atoms with E-state index in [4.69, 9.17) is 14.6 Å². The number of aliphatic hydroxyl groups excluding tert-OH is 3. The highest BCUT2D eigenvalue weighted by Crippen LogP contribution is 2.66. The van der Waals surface area contributed by atoms with E-state index in [-0.39, 0.29) is 35.4 Å². The van der Waals surface area contributed by atoms with Crippen molar-refractivity contribution >= 4 is 5.97 Å². The number of fused-ring (bicyclic) bond motifs is 5. The third-order valence-electron chi connectivity index (χ3n) is 10.2. The molecular weight excluding hydrogens is 444 g/mol. The Morgan fingerprint density at radius 3 is 2.63 bits per heavy atom. The van der Waals surface area contributed by atoms with Gasteiger partial charge in [0.2, 0.25) is 0 Å². The Hall–Kier alpha value is -1.21. The molecule has 0 bridgehead atoms. The third-order valence-corrected chi connectivity index (χ3v) is 10.2. The summed E-state index contributed by atoms with van der Waals surface area (Å²) in [5.41, 5.74) is 2.46. The zero-order valence-corrected chi connectivity index (χ0v) is 22.0. The van der Waals surface area contributed by atoms with Gasteiger partial charge in [0.1, 0.15) is 0 Å². The maximum Gasteiger partial charge on any atom is 0.305 e. The largest absolute Gasteiger partial charge is 0.469 e. The molecule has 6 heteroatoms. The molecule has 0 heterocycles. The fraction of sp³-hybridized carbons (Fsp3) is 0.828. The van der Waals surface area contributed by atoms with Gasteiger partial charge in [-0.3, -0.25) is 4.79 Å². The van der Waals surface area contributed by atoms with Crippen LogP contribution in [0.25, 0.3) is 0 Å². The van der Waals surface area contributed by atoms with Gasteiger partial charge >= 0.3 is 5.97 Å². The smallest absolute Gasteiger partial charge is 0.305 e. The van der Waals surface area contributed by atoms with Gasteiger partial charge in [-0.25, -0.2) is 0 Å². The Morgan fingerprint density at radius 1 is 1.14 bits per heavy atom.